The molecule has 0 heterocycles. The summed E-state index contributed by atoms with van der Waals surface area (Å²) in [5, 5.41) is 0. The molecule has 0 aliphatic rings. The standard InChI is InChI=1S/C21H22O2/c1-5-15-22-19-11-7-17(8-12-19)21(3,4)18-9-13-20(14-10-18)23-16-6-2/h1,6-14H,2,15-16H2,3-4H3. The Bertz CT molecular complexity index is 673. The summed E-state index contributed by atoms with van der Waals surface area (Å²) in [5.41, 5.74) is 2.33. The van der Waals surface area contributed by atoms with Gasteiger partial charge in [0.2, 0.25) is 0 Å². The Kier molecular flexibility index (Phi) is 5.49. The minimum absolute atomic E-state index is 0.110. The summed E-state index contributed by atoms with van der Waals surface area (Å²) in [5.74, 6) is 4.10. The molecule has 2 aromatic rings. The molecule has 0 aliphatic carbocycles. The Morgan fingerprint density at radius 2 is 1.43 bits per heavy atom. The van der Waals surface area contributed by atoms with Crippen LogP contribution in [0.4, 0.5) is 0 Å². The van der Waals surface area contributed by atoms with Gasteiger partial charge in [0, 0.05) is 5.41 Å². The van der Waals surface area contributed by atoms with E-state index in [0.717, 1.165) is 11.5 Å². The molecule has 0 atom stereocenters. The van der Waals surface area contributed by atoms with Gasteiger partial charge in [-0.05, 0) is 35.4 Å². The molecular weight excluding hydrogens is 284 g/mol. The predicted octanol–water partition coefficient (Wildman–Crippen LogP) is 4.59. The maximum Gasteiger partial charge on any atom is 0.148 e. The van der Waals surface area contributed by atoms with Crippen LogP contribution in [0.5, 0.6) is 11.5 Å². The van der Waals surface area contributed by atoms with Gasteiger partial charge in [-0.2, -0.15) is 0 Å². The van der Waals surface area contributed by atoms with Crippen molar-refractivity contribution in [1.82, 2.24) is 0 Å². The SMILES string of the molecule is C#CCOc1ccc(C(C)(C)c2ccc(OCC=C)cc2)cc1. The first-order chi connectivity index (χ1) is 11.1. The van der Waals surface area contributed by atoms with Crippen LogP contribution in [-0.4, -0.2) is 13.2 Å². The molecule has 0 saturated carbocycles. The second-order valence-electron chi connectivity index (χ2n) is 5.77. The normalized spacial score (nSPS) is 10.7. The zero-order valence-corrected chi connectivity index (χ0v) is 13.7. The van der Waals surface area contributed by atoms with Crippen LogP contribution in [-0.2, 0) is 5.41 Å². The lowest BCUT2D eigenvalue weighted by Crippen LogP contribution is -2.18. The molecule has 0 saturated heterocycles. The Morgan fingerprint density at radius 3 is 1.87 bits per heavy atom. The number of terminal acetylenes is 1. The van der Waals surface area contributed by atoms with Crippen LogP contribution in [0.2, 0.25) is 0 Å². The van der Waals surface area contributed by atoms with Gasteiger partial charge in [-0.1, -0.05) is 56.7 Å². The van der Waals surface area contributed by atoms with E-state index < -0.39 is 0 Å². The van der Waals surface area contributed by atoms with E-state index in [1.807, 2.05) is 24.3 Å². The topological polar surface area (TPSA) is 18.5 Å². The largest absolute Gasteiger partial charge is 0.490 e. The Morgan fingerprint density at radius 1 is 0.957 bits per heavy atom. The second-order valence-corrected chi connectivity index (χ2v) is 5.77. The highest BCUT2D eigenvalue weighted by molar-refractivity contribution is 5.41. The Hall–Kier alpha value is -2.66. The Labute approximate surface area is 138 Å². The lowest BCUT2D eigenvalue weighted by Gasteiger charge is -2.26. The molecule has 0 aliphatic heterocycles. The summed E-state index contributed by atoms with van der Waals surface area (Å²) >= 11 is 0. The molecule has 23 heavy (non-hydrogen) atoms. The number of benzene rings is 2. The molecular formula is C21H22O2. The molecule has 2 heteroatoms. The van der Waals surface area contributed by atoms with Crippen molar-refractivity contribution in [1.29, 1.82) is 0 Å². The minimum Gasteiger partial charge on any atom is -0.490 e. The van der Waals surface area contributed by atoms with Crippen molar-refractivity contribution in [3.63, 3.8) is 0 Å². The fourth-order valence-corrected chi connectivity index (χ4v) is 2.38. The van der Waals surface area contributed by atoms with Crippen LogP contribution in [0, 0.1) is 12.3 Å². The molecule has 0 aromatic heterocycles. The van der Waals surface area contributed by atoms with Gasteiger partial charge in [0.15, 0.2) is 0 Å². The fourth-order valence-electron chi connectivity index (χ4n) is 2.38. The summed E-state index contributed by atoms with van der Waals surface area (Å²) in [7, 11) is 0. The van der Waals surface area contributed by atoms with Crippen LogP contribution in [0.3, 0.4) is 0 Å². The van der Waals surface area contributed by atoms with Crippen molar-refractivity contribution < 1.29 is 9.47 Å². The van der Waals surface area contributed by atoms with Gasteiger partial charge < -0.3 is 9.47 Å². The van der Waals surface area contributed by atoms with Crippen LogP contribution in [0.15, 0.2) is 61.2 Å². The van der Waals surface area contributed by atoms with Crippen molar-refractivity contribution in [3.8, 4) is 23.8 Å². The quantitative estimate of drug-likeness (QED) is 0.550. The molecule has 2 nitrogen and oxygen atoms in total. The number of rotatable bonds is 7. The van der Waals surface area contributed by atoms with E-state index in [0.29, 0.717) is 6.61 Å². The average Bonchev–Trinajstić information content (AvgIpc) is 2.59. The molecule has 0 radical (unpaired) electrons. The third-order valence-corrected chi connectivity index (χ3v) is 3.84. The van der Waals surface area contributed by atoms with E-state index in [4.69, 9.17) is 15.9 Å². The van der Waals surface area contributed by atoms with Crippen LogP contribution in [0.25, 0.3) is 0 Å². The molecule has 0 spiro atoms. The zero-order chi connectivity index (χ0) is 16.7. The first-order valence-corrected chi connectivity index (χ1v) is 7.59. The van der Waals surface area contributed by atoms with Gasteiger partial charge in [0.1, 0.15) is 24.7 Å². The monoisotopic (exact) mass is 306 g/mol. The average molecular weight is 306 g/mol. The van der Waals surface area contributed by atoms with Gasteiger partial charge >= 0.3 is 0 Å². The number of ether oxygens (including phenoxy) is 2. The zero-order valence-electron chi connectivity index (χ0n) is 13.7. The molecule has 0 amide bonds. The van der Waals surface area contributed by atoms with Crippen LogP contribution in [0.1, 0.15) is 25.0 Å². The molecule has 2 rings (SSSR count). The first-order valence-electron chi connectivity index (χ1n) is 7.59. The third kappa shape index (κ3) is 4.17. The molecule has 118 valence electrons. The van der Waals surface area contributed by atoms with Crippen LogP contribution < -0.4 is 9.47 Å². The highest BCUT2D eigenvalue weighted by atomic mass is 16.5. The van der Waals surface area contributed by atoms with E-state index in [-0.39, 0.29) is 12.0 Å². The van der Waals surface area contributed by atoms with E-state index >= 15 is 0 Å². The van der Waals surface area contributed by atoms with Gasteiger partial charge in [0.05, 0.1) is 0 Å². The van der Waals surface area contributed by atoms with Crippen molar-refractivity contribution in [2.24, 2.45) is 0 Å². The van der Waals surface area contributed by atoms with Crippen molar-refractivity contribution in [2.75, 3.05) is 13.2 Å². The lowest BCUT2D eigenvalue weighted by atomic mass is 9.78. The summed E-state index contributed by atoms with van der Waals surface area (Å²) in [6.07, 6.45) is 6.94. The van der Waals surface area contributed by atoms with Crippen LogP contribution >= 0.6 is 0 Å². The smallest absolute Gasteiger partial charge is 0.148 e. The molecule has 0 fully saturated rings. The highest BCUT2D eigenvalue weighted by Crippen LogP contribution is 2.33. The van der Waals surface area contributed by atoms with Gasteiger partial charge in [-0.25, -0.2) is 0 Å². The van der Waals surface area contributed by atoms with Gasteiger partial charge in [-0.3, -0.25) is 0 Å². The number of hydrogen-bond donors (Lipinski definition) is 0. The summed E-state index contributed by atoms with van der Waals surface area (Å²) in [6.45, 7) is 8.85. The van der Waals surface area contributed by atoms with E-state index in [1.165, 1.54) is 11.1 Å². The first kappa shape index (κ1) is 16.7. The minimum atomic E-state index is -0.110. The second kappa shape index (κ2) is 7.56. The van der Waals surface area contributed by atoms with Crippen molar-refractivity contribution >= 4 is 0 Å². The van der Waals surface area contributed by atoms with Gasteiger partial charge in [0.25, 0.3) is 0 Å². The van der Waals surface area contributed by atoms with Gasteiger partial charge in [-0.15, -0.1) is 6.42 Å². The molecule has 0 N–H and O–H groups in total. The molecule has 0 bridgehead atoms. The van der Waals surface area contributed by atoms with E-state index in [9.17, 15) is 0 Å². The van der Waals surface area contributed by atoms with Crippen molar-refractivity contribution in [2.45, 2.75) is 19.3 Å². The molecule has 2 aromatic carbocycles. The number of hydrogen-bond acceptors (Lipinski definition) is 2. The highest BCUT2D eigenvalue weighted by Gasteiger charge is 2.23. The summed E-state index contributed by atoms with van der Waals surface area (Å²) in [4.78, 5) is 0. The summed E-state index contributed by atoms with van der Waals surface area (Å²) in [6, 6.07) is 16.2. The predicted molar refractivity (Wildman–Crippen MR) is 95.0 cm³/mol. The Balaban J connectivity index is 2.16. The third-order valence-electron chi connectivity index (χ3n) is 3.84. The fraction of sp³-hybridized carbons (Fsp3) is 0.238. The maximum atomic E-state index is 5.53. The maximum absolute atomic E-state index is 5.53. The lowest BCUT2D eigenvalue weighted by molar-refractivity contribution is 0.363. The van der Waals surface area contributed by atoms with Crippen molar-refractivity contribution in [3.05, 3.63) is 72.3 Å². The molecule has 0 unspecified atom stereocenters. The van der Waals surface area contributed by atoms with E-state index in [1.54, 1.807) is 6.08 Å². The summed E-state index contributed by atoms with van der Waals surface area (Å²) < 4.78 is 11.0. The van der Waals surface area contributed by atoms with E-state index in [2.05, 4.69) is 50.6 Å².